The van der Waals surface area contributed by atoms with Crippen LogP contribution >= 0.6 is 11.6 Å². The van der Waals surface area contributed by atoms with Crippen LogP contribution in [-0.4, -0.2) is 18.9 Å². The average Bonchev–Trinajstić information content (AvgIpc) is 2.27. The Morgan fingerprint density at radius 2 is 2.07 bits per heavy atom. The normalized spacial score (nSPS) is 9.73. The van der Waals surface area contributed by atoms with E-state index in [-0.39, 0.29) is 5.91 Å². The van der Waals surface area contributed by atoms with E-state index in [1.54, 1.807) is 31.4 Å². The van der Waals surface area contributed by atoms with Crippen LogP contribution in [0.25, 0.3) is 0 Å². The lowest BCUT2D eigenvalue weighted by atomic mass is 10.2. The molecule has 0 spiro atoms. The van der Waals surface area contributed by atoms with Crippen LogP contribution in [0.5, 0.6) is 5.75 Å². The molecule has 15 heavy (non-hydrogen) atoms. The minimum Gasteiger partial charge on any atom is -0.497 e. The fraction of sp³-hybridized carbons (Fsp3) is 0.364. The number of alkyl halides is 1. The first-order valence-electron chi connectivity index (χ1n) is 4.76. The Balaban J connectivity index is 2.46. The van der Waals surface area contributed by atoms with Crippen molar-refractivity contribution >= 4 is 23.2 Å². The summed E-state index contributed by atoms with van der Waals surface area (Å²) in [6.45, 7) is 0. The number of halogens is 1. The van der Waals surface area contributed by atoms with E-state index in [0.717, 1.165) is 11.4 Å². The van der Waals surface area contributed by atoms with Crippen LogP contribution in [0.4, 0.5) is 5.69 Å². The molecule has 1 amide bonds. The fourth-order valence-corrected chi connectivity index (χ4v) is 1.26. The first kappa shape index (κ1) is 11.9. The summed E-state index contributed by atoms with van der Waals surface area (Å²) < 4.78 is 5.01. The minimum atomic E-state index is -0.0131. The number of carbonyl (C=O) groups is 1. The van der Waals surface area contributed by atoms with Crippen LogP contribution in [0.2, 0.25) is 0 Å². The Bertz CT molecular complexity index is 311. The molecule has 3 nitrogen and oxygen atoms in total. The van der Waals surface area contributed by atoms with Gasteiger partial charge in [0.2, 0.25) is 5.91 Å². The second-order valence-corrected chi connectivity index (χ2v) is 3.45. The van der Waals surface area contributed by atoms with Crippen LogP contribution < -0.4 is 10.1 Å². The predicted octanol–water partition coefficient (Wildman–Crippen LogP) is 2.65. The molecular formula is C11H14ClNO2. The monoisotopic (exact) mass is 227 g/mol. The van der Waals surface area contributed by atoms with Crippen molar-refractivity contribution in [2.45, 2.75) is 12.8 Å². The molecule has 0 fully saturated rings. The lowest BCUT2D eigenvalue weighted by Gasteiger charge is -2.05. The Hall–Kier alpha value is -1.22. The zero-order valence-corrected chi connectivity index (χ0v) is 9.38. The maximum atomic E-state index is 11.3. The third-order valence-electron chi connectivity index (χ3n) is 1.91. The van der Waals surface area contributed by atoms with E-state index in [1.807, 2.05) is 0 Å². The first-order valence-corrected chi connectivity index (χ1v) is 5.29. The Kier molecular flexibility index (Phi) is 4.98. The molecule has 0 heterocycles. The third kappa shape index (κ3) is 4.21. The van der Waals surface area contributed by atoms with Crippen LogP contribution in [0, 0.1) is 0 Å². The molecule has 0 saturated heterocycles. The standard InChI is InChI=1S/C11H14ClNO2/c1-15-10-6-4-9(5-7-10)13-11(14)3-2-8-12/h4-7H,2-3,8H2,1H3,(H,13,14). The third-order valence-corrected chi connectivity index (χ3v) is 2.18. The van der Waals surface area contributed by atoms with Gasteiger partial charge in [-0.15, -0.1) is 11.6 Å². The maximum Gasteiger partial charge on any atom is 0.224 e. The number of rotatable bonds is 5. The molecule has 1 aromatic rings. The van der Waals surface area contributed by atoms with E-state index >= 15 is 0 Å². The van der Waals surface area contributed by atoms with Gasteiger partial charge in [-0.3, -0.25) is 4.79 Å². The summed E-state index contributed by atoms with van der Waals surface area (Å²) in [5.41, 5.74) is 0.773. The SMILES string of the molecule is COc1ccc(NC(=O)CCCCl)cc1. The van der Waals surface area contributed by atoms with Gasteiger partial charge in [-0.2, -0.15) is 0 Å². The molecule has 0 aromatic heterocycles. The van der Waals surface area contributed by atoms with Gasteiger partial charge >= 0.3 is 0 Å². The van der Waals surface area contributed by atoms with Crippen molar-refractivity contribution < 1.29 is 9.53 Å². The van der Waals surface area contributed by atoms with Crippen molar-refractivity contribution in [3.8, 4) is 5.75 Å². The van der Waals surface area contributed by atoms with Crippen molar-refractivity contribution in [1.82, 2.24) is 0 Å². The number of anilines is 1. The summed E-state index contributed by atoms with van der Waals surface area (Å²) in [5.74, 6) is 1.27. The smallest absolute Gasteiger partial charge is 0.224 e. The van der Waals surface area contributed by atoms with E-state index in [4.69, 9.17) is 16.3 Å². The van der Waals surface area contributed by atoms with Gasteiger partial charge in [0.05, 0.1) is 7.11 Å². The molecule has 0 aliphatic carbocycles. The van der Waals surface area contributed by atoms with Crippen molar-refractivity contribution in [2.24, 2.45) is 0 Å². The van der Waals surface area contributed by atoms with Crippen LogP contribution in [0.15, 0.2) is 24.3 Å². The summed E-state index contributed by atoms with van der Waals surface area (Å²) in [4.78, 5) is 11.3. The van der Waals surface area contributed by atoms with Gasteiger partial charge in [-0.05, 0) is 30.7 Å². The second kappa shape index (κ2) is 6.30. The molecule has 0 bridgehead atoms. The lowest BCUT2D eigenvalue weighted by Crippen LogP contribution is -2.11. The topological polar surface area (TPSA) is 38.3 Å². The average molecular weight is 228 g/mol. The van der Waals surface area contributed by atoms with Crippen molar-refractivity contribution in [3.63, 3.8) is 0 Å². The van der Waals surface area contributed by atoms with Gasteiger partial charge in [0, 0.05) is 18.0 Å². The molecule has 0 radical (unpaired) electrons. The maximum absolute atomic E-state index is 11.3. The molecule has 1 N–H and O–H groups in total. The summed E-state index contributed by atoms with van der Waals surface area (Å²) in [6.07, 6.45) is 1.15. The van der Waals surface area contributed by atoms with Gasteiger partial charge in [0.15, 0.2) is 0 Å². The Morgan fingerprint density at radius 3 is 2.60 bits per heavy atom. The highest BCUT2D eigenvalue weighted by molar-refractivity contribution is 6.18. The van der Waals surface area contributed by atoms with Crippen LogP contribution in [0.1, 0.15) is 12.8 Å². The lowest BCUT2D eigenvalue weighted by molar-refractivity contribution is -0.116. The first-order chi connectivity index (χ1) is 7.26. The summed E-state index contributed by atoms with van der Waals surface area (Å²) in [6, 6.07) is 7.21. The van der Waals surface area contributed by atoms with Gasteiger partial charge < -0.3 is 10.1 Å². The Morgan fingerprint density at radius 1 is 1.40 bits per heavy atom. The number of amides is 1. The largest absolute Gasteiger partial charge is 0.497 e. The molecule has 1 aromatic carbocycles. The highest BCUT2D eigenvalue weighted by atomic mass is 35.5. The molecule has 0 aliphatic heterocycles. The van der Waals surface area contributed by atoms with Gasteiger partial charge in [0.1, 0.15) is 5.75 Å². The second-order valence-electron chi connectivity index (χ2n) is 3.07. The molecule has 0 unspecified atom stereocenters. The molecule has 0 aliphatic rings. The summed E-state index contributed by atoms with van der Waals surface area (Å²) in [7, 11) is 1.61. The molecular weight excluding hydrogens is 214 g/mol. The highest BCUT2D eigenvalue weighted by Gasteiger charge is 2.01. The molecule has 82 valence electrons. The number of benzene rings is 1. The number of methoxy groups -OCH3 is 1. The van der Waals surface area contributed by atoms with E-state index < -0.39 is 0 Å². The van der Waals surface area contributed by atoms with Crippen LogP contribution in [0.3, 0.4) is 0 Å². The fourth-order valence-electron chi connectivity index (χ4n) is 1.13. The number of nitrogens with one attached hydrogen (secondary N) is 1. The molecule has 1 rings (SSSR count). The zero-order valence-electron chi connectivity index (χ0n) is 8.63. The Labute approximate surface area is 94.4 Å². The van der Waals surface area contributed by atoms with Crippen LogP contribution in [-0.2, 0) is 4.79 Å². The van der Waals surface area contributed by atoms with Crippen molar-refractivity contribution in [3.05, 3.63) is 24.3 Å². The molecule has 0 atom stereocenters. The number of hydrogen-bond donors (Lipinski definition) is 1. The number of hydrogen-bond acceptors (Lipinski definition) is 2. The van der Waals surface area contributed by atoms with E-state index in [1.165, 1.54) is 0 Å². The van der Waals surface area contributed by atoms with Gasteiger partial charge in [-0.25, -0.2) is 0 Å². The highest BCUT2D eigenvalue weighted by Crippen LogP contribution is 2.15. The predicted molar refractivity (Wildman–Crippen MR) is 61.6 cm³/mol. The van der Waals surface area contributed by atoms with E-state index in [0.29, 0.717) is 18.7 Å². The van der Waals surface area contributed by atoms with Crippen molar-refractivity contribution in [2.75, 3.05) is 18.3 Å². The minimum absolute atomic E-state index is 0.0131. The number of ether oxygens (including phenoxy) is 1. The van der Waals surface area contributed by atoms with Crippen molar-refractivity contribution in [1.29, 1.82) is 0 Å². The van der Waals surface area contributed by atoms with E-state index in [9.17, 15) is 4.79 Å². The quantitative estimate of drug-likeness (QED) is 0.786. The zero-order chi connectivity index (χ0) is 11.1. The summed E-state index contributed by atoms with van der Waals surface area (Å²) in [5, 5.41) is 2.77. The summed E-state index contributed by atoms with van der Waals surface area (Å²) >= 11 is 5.49. The van der Waals surface area contributed by atoms with Gasteiger partial charge in [0.25, 0.3) is 0 Å². The van der Waals surface area contributed by atoms with Gasteiger partial charge in [-0.1, -0.05) is 0 Å². The molecule has 0 saturated carbocycles. The number of carbonyl (C=O) groups excluding carboxylic acids is 1. The molecule has 4 heteroatoms. The van der Waals surface area contributed by atoms with E-state index in [2.05, 4.69) is 5.32 Å².